The van der Waals surface area contributed by atoms with Gasteiger partial charge in [0.1, 0.15) is 48.1 Å². The molecule has 5 aliphatic rings. The predicted molar refractivity (Wildman–Crippen MR) is 260 cm³/mol. The number of ether oxygens (including phenoxy) is 2. The molecule has 0 radical (unpaired) electrons. The molecule has 0 saturated carbocycles. The second-order valence-corrected chi connectivity index (χ2v) is 19.3. The Morgan fingerprint density at radius 1 is 0.625 bits per heavy atom. The maximum absolute atomic E-state index is 10.1. The first-order chi connectivity index (χ1) is 34.6. The number of fused-ring (bicyclic) bond motifs is 6. The third-order valence-corrected chi connectivity index (χ3v) is 14.7. The second-order valence-electron chi connectivity index (χ2n) is 17.0. The molecule has 8 aromatic rings. The van der Waals surface area contributed by atoms with E-state index in [1.807, 2.05) is 48.5 Å². The molecule has 4 aromatic carbocycles. The summed E-state index contributed by atoms with van der Waals surface area (Å²) in [6, 6.07) is 32.7. The molecule has 364 valence electrons. The van der Waals surface area contributed by atoms with Crippen LogP contribution in [0.4, 0.5) is 11.6 Å². The number of nitrogens with zero attached hydrogens (tertiary/aromatic N) is 8. The van der Waals surface area contributed by atoms with Gasteiger partial charge in [0.05, 0.1) is 44.7 Å². The number of hydrogen-bond acceptors (Lipinski definition) is 21. The van der Waals surface area contributed by atoms with E-state index in [2.05, 4.69) is 78.4 Å². The second kappa shape index (κ2) is 21.4. The molecular weight excluding hydrogens is 977 g/mol. The Morgan fingerprint density at radius 3 is 1.78 bits per heavy atom. The maximum Gasteiger partial charge on any atom is 1.00 e. The zero-order chi connectivity index (χ0) is 48.8. The number of nitrogen functional groups attached to an aromatic ring is 2. The number of anilines is 2. The quantitative estimate of drug-likeness (QED) is 0.0870. The van der Waals surface area contributed by atoms with Gasteiger partial charge in [-0.25, -0.2) is 29.9 Å². The van der Waals surface area contributed by atoms with Crippen LogP contribution >= 0.6 is 23.5 Å². The molecule has 9 heterocycles. The summed E-state index contributed by atoms with van der Waals surface area (Å²) in [6.07, 6.45) is -0.754. The van der Waals surface area contributed by atoms with Gasteiger partial charge in [-0.1, -0.05) is 83.7 Å². The van der Waals surface area contributed by atoms with Gasteiger partial charge in [0.15, 0.2) is 35.4 Å². The average molecular weight is 1020 g/mol. The zero-order valence-corrected chi connectivity index (χ0v) is 42.0. The summed E-state index contributed by atoms with van der Waals surface area (Å²) in [5.41, 5.74) is 17.3. The molecule has 3 fully saturated rings. The molecule has 5 aliphatic heterocycles. The van der Waals surface area contributed by atoms with Crippen LogP contribution in [-0.4, -0.2) is 128 Å². The van der Waals surface area contributed by atoms with Crippen molar-refractivity contribution in [1.82, 2.24) is 39.0 Å². The number of benzene rings is 4. The fourth-order valence-electron chi connectivity index (χ4n) is 9.17. The van der Waals surface area contributed by atoms with Gasteiger partial charge < -0.3 is 65.0 Å². The molecule has 21 nitrogen and oxygen atoms in total. The van der Waals surface area contributed by atoms with Crippen molar-refractivity contribution in [2.24, 2.45) is 0 Å². The van der Waals surface area contributed by atoms with Crippen molar-refractivity contribution in [3.8, 4) is 0 Å². The number of aliphatic hydroxyl groups is 4. The number of rotatable bonds is 8. The molecule has 26 heteroatoms. The molecule has 0 amide bonds. The van der Waals surface area contributed by atoms with Crippen LogP contribution in [0, 0.1) is 0 Å². The molecule has 4 aromatic heterocycles. The first-order valence-corrected chi connectivity index (χ1v) is 24.1. The molecule has 3 unspecified atom stereocenters. The average Bonchev–Trinajstić information content (AvgIpc) is 4.28. The van der Waals surface area contributed by atoms with Crippen molar-refractivity contribution in [1.29, 1.82) is 0 Å². The Kier molecular flexibility index (Phi) is 15.0. The summed E-state index contributed by atoms with van der Waals surface area (Å²) in [7, 11) is -0.763. The van der Waals surface area contributed by atoms with E-state index in [4.69, 9.17) is 44.7 Å². The summed E-state index contributed by atoms with van der Waals surface area (Å²) in [5, 5.41) is 48.4. The van der Waals surface area contributed by atoms with Crippen molar-refractivity contribution >= 4 is 82.3 Å². The van der Waals surface area contributed by atoms with Crippen LogP contribution in [-0.2, 0) is 41.3 Å². The van der Waals surface area contributed by atoms with Crippen molar-refractivity contribution in [3.63, 3.8) is 0 Å². The number of nitrogens with two attached hydrogens (primary N) is 2. The van der Waals surface area contributed by atoms with Crippen molar-refractivity contribution in [2.45, 2.75) is 81.9 Å². The SMILES string of the molecule is Nc1ncnc2c1ncn2[C@@H]1O[C@H](CO)[C@@H]2O[B-]3(OCc4ccc(Sc5ccccc5)cc43)OC21.Nc1ncnc2c1ncn2[C@@H]1O[C@H](CO)[C@H](O)C1O.OB1OCc2ccc(Sc3ccccc3)cc21.[Na+]. The van der Waals surface area contributed by atoms with Crippen molar-refractivity contribution < 1.29 is 83.1 Å². The van der Waals surface area contributed by atoms with Crippen LogP contribution in [0.15, 0.2) is 142 Å². The van der Waals surface area contributed by atoms with Crippen LogP contribution in [0.3, 0.4) is 0 Å². The Labute approximate surface area is 441 Å². The first kappa shape index (κ1) is 50.5. The van der Waals surface area contributed by atoms with Gasteiger partial charge in [-0.3, -0.25) is 9.13 Å². The molecule has 72 heavy (non-hydrogen) atoms. The molecule has 0 aliphatic carbocycles. The standard InChI is InChI=1S/C23H21BN5O5S.C13H11BO2S.C10H13N5O4.Na/c25-21-18-22(27-11-26-21)29(12-28-18)23-20-19(17(9-30)32-23)33-24(34-20)16-8-15(7-6-13(16)10-31-24)35-14-4-2-1-3-5-14;15-14-13-8-12(7-6-10(13)9-16-14)17-11-4-2-1-3-5-11;11-8-5-9(13-2-12-8)15(3-14-5)10-7(18)6(17)4(1-16)19-10;/h1-8,11-12,17,19-20,23,30H,9-10H2,(H2,25,26,27);1-8,15H,9H2;2-4,6-7,10,16-18H,1H2,(H2,11,12,13);/q-1;;;+1/t17-,19+,20?,23-,24?;;4-,6+,7?,10-;/m1.1./s1. The fourth-order valence-corrected chi connectivity index (χ4v) is 10.9. The largest absolute Gasteiger partial charge is 1.00 e. The van der Waals surface area contributed by atoms with E-state index in [1.165, 1.54) is 28.4 Å². The van der Waals surface area contributed by atoms with Crippen LogP contribution < -0.4 is 52.0 Å². The fraction of sp³-hybridized carbons (Fsp3) is 0.261. The minimum absolute atomic E-state index is 0. The zero-order valence-electron chi connectivity index (χ0n) is 38.4. The molecule has 9 atom stereocenters. The van der Waals surface area contributed by atoms with Crippen molar-refractivity contribution in [3.05, 3.63) is 133 Å². The Hall–Kier alpha value is -5.03. The van der Waals surface area contributed by atoms with E-state index < -0.39 is 69.6 Å². The molecule has 0 bridgehead atoms. The van der Waals surface area contributed by atoms with Gasteiger partial charge in [-0.05, 0) is 53.5 Å². The van der Waals surface area contributed by atoms with Crippen molar-refractivity contribution in [2.75, 3.05) is 24.7 Å². The van der Waals surface area contributed by atoms with Gasteiger partial charge in [0.2, 0.25) is 0 Å². The van der Waals surface area contributed by atoms with Crippen LogP contribution in [0.2, 0.25) is 0 Å². The van der Waals surface area contributed by atoms with Gasteiger partial charge in [-0.2, -0.15) is 0 Å². The van der Waals surface area contributed by atoms with Crippen LogP contribution in [0.25, 0.3) is 22.3 Å². The minimum atomic E-state index is -2.21. The topological polar surface area (TPSA) is 296 Å². The molecular formula is C46H45B2N10NaO11S2. The molecule has 13 rings (SSSR count). The van der Waals surface area contributed by atoms with Crippen LogP contribution in [0.1, 0.15) is 23.6 Å². The smallest absolute Gasteiger partial charge is 0.537 e. The Balaban J connectivity index is 0.000000136. The van der Waals surface area contributed by atoms with Crippen LogP contribution in [0.5, 0.6) is 0 Å². The number of imidazole rings is 2. The van der Waals surface area contributed by atoms with E-state index in [1.54, 1.807) is 34.4 Å². The molecule has 1 spiro atoms. The maximum atomic E-state index is 10.1. The van der Waals surface area contributed by atoms with E-state index in [0.717, 1.165) is 36.7 Å². The normalized spacial score (nSPS) is 25.7. The van der Waals surface area contributed by atoms with E-state index in [-0.39, 0.29) is 47.8 Å². The van der Waals surface area contributed by atoms with E-state index >= 15 is 0 Å². The summed E-state index contributed by atoms with van der Waals surface area (Å²) in [6.45, 7) is -1.93. The number of aromatic nitrogens is 8. The third kappa shape index (κ3) is 9.65. The Bertz CT molecular complexity index is 3200. The van der Waals surface area contributed by atoms with Gasteiger partial charge >= 0.3 is 43.4 Å². The number of hydrogen-bond donors (Lipinski definition) is 7. The third-order valence-electron chi connectivity index (χ3n) is 12.7. The molecule has 9 N–H and O–H groups in total. The first-order valence-electron chi connectivity index (χ1n) is 22.5. The summed E-state index contributed by atoms with van der Waals surface area (Å²) in [4.78, 5) is 29.1. The Morgan fingerprint density at radius 2 is 1.18 bits per heavy atom. The monoisotopic (exact) mass is 1020 g/mol. The summed E-state index contributed by atoms with van der Waals surface area (Å²) < 4.78 is 39.1. The summed E-state index contributed by atoms with van der Waals surface area (Å²) in [5.74, 6) is 0.498. The van der Waals surface area contributed by atoms with Gasteiger partial charge in [0.25, 0.3) is 0 Å². The van der Waals surface area contributed by atoms with E-state index in [9.17, 15) is 20.3 Å². The van der Waals surface area contributed by atoms with Gasteiger partial charge in [0, 0.05) is 26.2 Å². The summed E-state index contributed by atoms with van der Waals surface area (Å²) >= 11 is 3.35. The molecule has 3 saturated heterocycles. The minimum Gasteiger partial charge on any atom is -0.537 e. The van der Waals surface area contributed by atoms with Gasteiger partial charge in [-0.15, -0.1) is 5.46 Å². The number of aliphatic hydroxyl groups excluding tert-OH is 4. The van der Waals surface area contributed by atoms with E-state index in [0.29, 0.717) is 35.5 Å². The predicted octanol–water partition coefficient (Wildman–Crippen LogP) is -1.31.